The van der Waals surface area contributed by atoms with E-state index in [-0.39, 0.29) is 68.1 Å². The molecule has 6 rings (SSSR count). The Bertz CT molecular complexity index is 1620. The Morgan fingerprint density at radius 1 is 0.579 bits per heavy atom. The van der Waals surface area contributed by atoms with Gasteiger partial charge >= 0.3 is 0 Å². The summed E-state index contributed by atoms with van der Waals surface area (Å²) < 4.78 is 11.5. The third-order valence-electron chi connectivity index (χ3n) is 7.05. The first-order chi connectivity index (χ1) is 18.0. The van der Waals surface area contributed by atoms with Gasteiger partial charge in [0.05, 0.1) is 10.8 Å². The van der Waals surface area contributed by atoms with E-state index in [2.05, 4.69) is 0 Å². The molecule has 194 valence electrons. The van der Waals surface area contributed by atoms with E-state index in [0.717, 1.165) is 12.1 Å². The molecular weight excluding hydrogens is 496 g/mol. The number of carbonyl (C=O) groups excluding carboxylic acids is 2. The van der Waals surface area contributed by atoms with E-state index in [9.17, 15) is 40.2 Å². The van der Waals surface area contributed by atoms with Crippen LogP contribution in [-0.4, -0.2) is 54.4 Å². The van der Waals surface area contributed by atoms with E-state index < -0.39 is 58.3 Å². The Labute approximate surface area is 214 Å². The lowest BCUT2D eigenvalue weighted by atomic mass is 9.87. The van der Waals surface area contributed by atoms with E-state index in [1.165, 1.54) is 12.1 Å². The molecule has 0 bridgehead atoms. The molecule has 2 atom stereocenters. The van der Waals surface area contributed by atoms with Gasteiger partial charge in [-0.25, -0.2) is 0 Å². The second-order valence-corrected chi connectivity index (χ2v) is 9.73. The van der Waals surface area contributed by atoms with Crippen LogP contribution in [-0.2, 0) is 0 Å². The van der Waals surface area contributed by atoms with E-state index in [1.807, 2.05) is 0 Å². The molecule has 4 aromatic rings. The summed E-state index contributed by atoms with van der Waals surface area (Å²) in [6, 6.07) is 4.62. The zero-order chi connectivity index (χ0) is 27.2. The molecule has 10 nitrogen and oxygen atoms in total. The zero-order valence-electron chi connectivity index (χ0n) is 20.2. The molecule has 0 radical (unpaired) electrons. The molecule has 0 fully saturated rings. The highest BCUT2D eigenvalue weighted by atomic mass is 16.5. The fourth-order valence-corrected chi connectivity index (χ4v) is 5.52. The van der Waals surface area contributed by atoms with Gasteiger partial charge in [0.1, 0.15) is 69.3 Å². The van der Waals surface area contributed by atoms with Crippen LogP contribution in [0.25, 0.3) is 32.7 Å². The molecule has 2 aliphatic heterocycles. The predicted molar refractivity (Wildman–Crippen MR) is 135 cm³/mol. The van der Waals surface area contributed by atoms with Gasteiger partial charge in [-0.2, -0.15) is 0 Å². The van der Waals surface area contributed by atoms with E-state index >= 15 is 0 Å². The fraction of sp³-hybridized carbons (Fsp3) is 0.214. The SMILES string of the molecule is C[C@H]1CC(=O)c2c(cc3c(-c4c(O)cc(O)c5c(O)c6c(cc45)O[C@@H](C)CC6=O)c(O)cc(O)c3c2O)O1. The van der Waals surface area contributed by atoms with Gasteiger partial charge in [0.2, 0.25) is 0 Å². The quantitative estimate of drug-likeness (QED) is 0.209. The van der Waals surface area contributed by atoms with Crippen LogP contribution < -0.4 is 9.47 Å². The summed E-state index contributed by atoms with van der Waals surface area (Å²) in [6.45, 7) is 3.35. The second-order valence-electron chi connectivity index (χ2n) is 9.73. The summed E-state index contributed by atoms with van der Waals surface area (Å²) >= 11 is 0. The van der Waals surface area contributed by atoms with Crippen molar-refractivity contribution in [3.63, 3.8) is 0 Å². The van der Waals surface area contributed by atoms with Crippen molar-refractivity contribution in [1.29, 1.82) is 0 Å². The molecule has 4 aromatic carbocycles. The monoisotopic (exact) mass is 518 g/mol. The second kappa shape index (κ2) is 7.82. The van der Waals surface area contributed by atoms with E-state index in [4.69, 9.17) is 9.47 Å². The maximum atomic E-state index is 12.7. The van der Waals surface area contributed by atoms with Crippen molar-refractivity contribution in [3.05, 3.63) is 35.4 Å². The molecule has 0 aliphatic carbocycles. The summed E-state index contributed by atoms with van der Waals surface area (Å²) in [7, 11) is 0. The Balaban J connectivity index is 1.77. The van der Waals surface area contributed by atoms with Crippen LogP contribution in [0.1, 0.15) is 47.4 Å². The molecule has 6 N–H and O–H groups in total. The summed E-state index contributed by atoms with van der Waals surface area (Å²) in [5.74, 6) is -3.94. The minimum absolute atomic E-state index is 0.0166. The minimum atomic E-state index is -0.557. The molecule has 0 saturated heterocycles. The molecule has 2 aliphatic rings. The fourth-order valence-electron chi connectivity index (χ4n) is 5.52. The van der Waals surface area contributed by atoms with Crippen molar-refractivity contribution in [2.45, 2.75) is 38.9 Å². The summed E-state index contributed by atoms with van der Waals surface area (Å²) in [5.41, 5.74) is -0.422. The Morgan fingerprint density at radius 2 is 0.947 bits per heavy atom. The Morgan fingerprint density at radius 3 is 1.32 bits per heavy atom. The highest BCUT2D eigenvalue weighted by Gasteiger charge is 2.34. The number of aromatic hydroxyl groups is 6. The van der Waals surface area contributed by atoms with Gasteiger partial charge in [-0.05, 0) is 26.0 Å². The van der Waals surface area contributed by atoms with Gasteiger partial charge < -0.3 is 40.1 Å². The Kier molecular flexibility index (Phi) is 4.84. The number of carbonyl (C=O) groups is 2. The third-order valence-corrected chi connectivity index (χ3v) is 7.05. The van der Waals surface area contributed by atoms with Crippen LogP contribution in [0.2, 0.25) is 0 Å². The number of Topliss-reactive ketones (excluding diaryl/α,β-unsaturated/α-hetero) is 2. The first-order valence-electron chi connectivity index (χ1n) is 11.9. The number of rotatable bonds is 1. The van der Waals surface area contributed by atoms with Crippen molar-refractivity contribution >= 4 is 33.1 Å². The van der Waals surface area contributed by atoms with Crippen molar-refractivity contribution < 1.29 is 49.7 Å². The van der Waals surface area contributed by atoms with Crippen LogP contribution in [0.3, 0.4) is 0 Å². The van der Waals surface area contributed by atoms with Crippen LogP contribution in [0, 0.1) is 0 Å². The summed E-state index contributed by atoms with van der Waals surface area (Å²) in [6.07, 6.45) is -0.959. The third kappa shape index (κ3) is 3.13. The van der Waals surface area contributed by atoms with E-state index in [0.29, 0.717) is 0 Å². The highest BCUT2D eigenvalue weighted by Crippen LogP contribution is 2.55. The van der Waals surface area contributed by atoms with Crippen LogP contribution in [0.15, 0.2) is 24.3 Å². The van der Waals surface area contributed by atoms with Gasteiger partial charge in [-0.1, -0.05) is 0 Å². The molecule has 10 heteroatoms. The lowest BCUT2D eigenvalue weighted by Gasteiger charge is -2.26. The number of benzene rings is 4. The maximum absolute atomic E-state index is 12.7. The summed E-state index contributed by atoms with van der Waals surface area (Å²) in [4.78, 5) is 25.4. The number of hydrogen-bond donors (Lipinski definition) is 6. The molecule has 0 amide bonds. The number of fused-ring (bicyclic) bond motifs is 4. The molecule has 0 spiro atoms. The molecule has 0 unspecified atom stereocenters. The maximum Gasteiger partial charge on any atom is 0.174 e. The van der Waals surface area contributed by atoms with Crippen molar-refractivity contribution in [2.75, 3.05) is 0 Å². The molecule has 0 saturated carbocycles. The predicted octanol–water partition coefficient (Wildman–Crippen LogP) is 4.60. The first-order valence-corrected chi connectivity index (χ1v) is 11.9. The van der Waals surface area contributed by atoms with Crippen LogP contribution >= 0.6 is 0 Å². The average Bonchev–Trinajstić information content (AvgIpc) is 2.79. The van der Waals surface area contributed by atoms with Gasteiger partial charge in [0, 0.05) is 46.9 Å². The topological polar surface area (TPSA) is 174 Å². The first kappa shape index (κ1) is 23.5. The largest absolute Gasteiger partial charge is 0.507 e. The van der Waals surface area contributed by atoms with Crippen molar-refractivity contribution in [1.82, 2.24) is 0 Å². The lowest BCUT2D eigenvalue weighted by Crippen LogP contribution is -2.24. The Hall–Kier alpha value is -4.86. The average molecular weight is 518 g/mol. The molecule has 38 heavy (non-hydrogen) atoms. The van der Waals surface area contributed by atoms with Crippen molar-refractivity contribution in [2.24, 2.45) is 0 Å². The van der Waals surface area contributed by atoms with Gasteiger partial charge in [-0.3, -0.25) is 9.59 Å². The van der Waals surface area contributed by atoms with Gasteiger partial charge in [0.15, 0.2) is 11.6 Å². The minimum Gasteiger partial charge on any atom is -0.507 e. The number of ether oxygens (including phenoxy) is 2. The highest BCUT2D eigenvalue weighted by molar-refractivity contribution is 6.19. The number of hydrogen-bond acceptors (Lipinski definition) is 10. The van der Waals surface area contributed by atoms with Crippen LogP contribution in [0.5, 0.6) is 46.0 Å². The van der Waals surface area contributed by atoms with Gasteiger partial charge in [-0.15, -0.1) is 0 Å². The van der Waals surface area contributed by atoms with Crippen molar-refractivity contribution in [3.8, 4) is 57.1 Å². The smallest absolute Gasteiger partial charge is 0.174 e. The molecular formula is C28H22O10. The normalized spacial score (nSPS) is 18.7. The number of phenolic OH excluding ortho intramolecular Hbond substituents is 6. The summed E-state index contributed by atoms with van der Waals surface area (Å²) in [5, 5.41) is 65.1. The standard InChI is InChI=1S/C28H22O10/c1-9-3-13(29)25-19(37-9)5-11-21(15(31)7-17(33)23(11)27(25)35)22-12-6-20-26(14(30)4-10(2)38-20)28(36)24(12)18(34)8-16(22)32/h5-10,31-36H,3-4H2,1-2H3/t9-,10-/m0/s1. The number of ketones is 2. The molecule has 2 heterocycles. The zero-order valence-corrected chi connectivity index (χ0v) is 20.2. The van der Waals surface area contributed by atoms with Crippen LogP contribution in [0.4, 0.5) is 0 Å². The lowest BCUT2D eigenvalue weighted by molar-refractivity contribution is 0.0856. The van der Waals surface area contributed by atoms with Gasteiger partial charge in [0.25, 0.3) is 0 Å². The number of phenols is 6. The van der Waals surface area contributed by atoms with E-state index in [1.54, 1.807) is 13.8 Å². The molecule has 0 aromatic heterocycles.